The minimum Gasteiger partial charge on any atom is -0.475 e. The molecular weight excluding hydrogens is 636 g/mol. The van der Waals surface area contributed by atoms with Gasteiger partial charge in [0.15, 0.2) is 0 Å². The molecular formula is C28H33F6N3O9. The number of fused-ring (bicyclic) bond motifs is 4. The minimum atomic E-state index is -5.08. The number of nitrogens with one attached hydrogen (secondary N) is 2. The van der Waals surface area contributed by atoms with Gasteiger partial charge in [0.05, 0.1) is 13.2 Å². The lowest BCUT2D eigenvalue weighted by molar-refractivity contribution is -0.193. The second-order valence-corrected chi connectivity index (χ2v) is 9.20. The van der Waals surface area contributed by atoms with E-state index in [0.717, 1.165) is 48.2 Å². The second-order valence-electron chi connectivity index (χ2n) is 9.20. The molecule has 0 saturated heterocycles. The number of carboxylic acid groups (broad SMARTS) is 2. The number of carbonyl (C=O) groups is 4. The van der Waals surface area contributed by atoms with Crippen LogP contribution in [0, 0.1) is 0 Å². The molecule has 18 heteroatoms. The van der Waals surface area contributed by atoms with Crippen molar-refractivity contribution in [3.8, 4) is 11.1 Å². The van der Waals surface area contributed by atoms with E-state index in [0.29, 0.717) is 25.3 Å². The van der Waals surface area contributed by atoms with Gasteiger partial charge in [-0.05, 0) is 56.0 Å². The van der Waals surface area contributed by atoms with Crippen LogP contribution in [0.1, 0.15) is 38.3 Å². The summed E-state index contributed by atoms with van der Waals surface area (Å²) in [5.74, 6) is -5.79. The number of hydrogen-bond acceptors (Lipinski definition) is 9. The van der Waals surface area contributed by atoms with Gasteiger partial charge in [0.2, 0.25) is 0 Å². The van der Waals surface area contributed by atoms with Crippen molar-refractivity contribution in [1.82, 2.24) is 4.98 Å². The summed E-state index contributed by atoms with van der Waals surface area (Å²) in [6.45, 7) is 2.62. The van der Waals surface area contributed by atoms with Crippen molar-refractivity contribution in [1.29, 1.82) is 0 Å². The standard InChI is InChI=1S/C24H31N3O5.2C2HF3O2/c1-3-31-23(28)21-8-6-4-5-7-18-15-17(11-12-25-18)20-10-9-19(16-22(20)27-21)26-24(29)32-14-13-30-2;2*3-2(4,5)1(6)7/h9-12,15-16,21,27H,3-8,13-14H2,1-2H3,(H,26,29);2*(H,6,7). The third-order valence-electron chi connectivity index (χ3n) is 5.73. The van der Waals surface area contributed by atoms with E-state index in [-0.39, 0.29) is 12.6 Å². The first-order valence-electron chi connectivity index (χ1n) is 13.5. The van der Waals surface area contributed by atoms with Crippen LogP contribution in [0.2, 0.25) is 0 Å². The van der Waals surface area contributed by atoms with Crippen LogP contribution < -0.4 is 10.6 Å². The number of aryl methyl sites for hydroxylation is 1. The van der Waals surface area contributed by atoms with Gasteiger partial charge in [-0.3, -0.25) is 10.3 Å². The van der Waals surface area contributed by atoms with Crippen LogP contribution in [0.3, 0.4) is 0 Å². The summed E-state index contributed by atoms with van der Waals surface area (Å²) in [6, 6.07) is 9.09. The van der Waals surface area contributed by atoms with Gasteiger partial charge in [-0.25, -0.2) is 19.2 Å². The van der Waals surface area contributed by atoms with Crippen molar-refractivity contribution in [2.45, 2.75) is 57.4 Å². The Morgan fingerprint density at radius 2 is 1.57 bits per heavy atom. The molecule has 256 valence electrons. The van der Waals surface area contributed by atoms with Crippen molar-refractivity contribution in [3.05, 3.63) is 42.2 Å². The molecule has 2 heterocycles. The number of ether oxygens (including phenoxy) is 3. The molecule has 0 spiro atoms. The maximum absolute atomic E-state index is 12.6. The molecule has 2 aromatic rings. The Labute approximate surface area is 259 Å². The summed E-state index contributed by atoms with van der Waals surface area (Å²) in [5, 5.41) is 20.3. The third kappa shape index (κ3) is 14.9. The van der Waals surface area contributed by atoms with E-state index < -0.39 is 36.4 Å². The van der Waals surface area contributed by atoms with Crippen LogP contribution in [0.4, 0.5) is 42.5 Å². The predicted molar refractivity (Wildman–Crippen MR) is 150 cm³/mol. The number of alkyl halides is 6. The molecule has 4 N–H and O–H groups in total. The minimum absolute atomic E-state index is 0.163. The normalized spacial score (nSPS) is 14.5. The molecule has 0 fully saturated rings. The van der Waals surface area contributed by atoms with Gasteiger partial charge in [0.25, 0.3) is 0 Å². The Balaban J connectivity index is 0.000000629. The van der Waals surface area contributed by atoms with Crippen LogP contribution >= 0.6 is 0 Å². The highest BCUT2D eigenvalue weighted by atomic mass is 19.4. The zero-order chi connectivity index (χ0) is 34.9. The zero-order valence-corrected chi connectivity index (χ0v) is 24.7. The number of pyridine rings is 1. The number of aromatic nitrogens is 1. The molecule has 0 saturated carbocycles. The average Bonchev–Trinajstić information content (AvgIpc) is 2.96. The first-order chi connectivity index (χ1) is 21.5. The van der Waals surface area contributed by atoms with Crippen molar-refractivity contribution < 1.29 is 69.9 Å². The van der Waals surface area contributed by atoms with Crippen LogP contribution in [0.15, 0.2) is 36.5 Å². The van der Waals surface area contributed by atoms with E-state index in [4.69, 9.17) is 34.0 Å². The van der Waals surface area contributed by atoms with Crippen molar-refractivity contribution in [2.24, 2.45) is 0 Å². The van der Waals surface area contributed by atoms with Gasteiger partial charge in [-0.2, -0.15) is 26.3 Å². The topological polar surface area (TPSA) is 173 Å². The molecule has 1 amide bonds. The van der Waals surface area contributed by atoms with Crippen molar-refractivity contribution in [3.63, 3.8) is 0 Å². The number of benzene rings is 1. The third-order valence-corrected chi connectivity index (χ3v) is 5.73. The molecule has 46 heavy (non-hydrogen) atoms. The van der Waals surface area contributed by atoms with Crippen LogP contribution in [-0.4, -0.2) is 84.5 Å². The Hall–Kier alpha value is -4.61. The van der Waals surface area contributed by atoms with E-state index in [2.05, 4.69) is 21.7 Å². The molecule has 2 bridgehead atoms. The molecule has 1 aliphatic rings. The number of methoxy groups -OCH3 is 1. The quantitative estimate of drug-likeness (QED) is 0.170. The Morgan fingerprint density at radius 1 is 0.935 bits per heavy atom. The van der Waals surface area contributed by atoms with E-state index in [1.807, 2.05) is 30.5 Å². The van der Waals surface area contributed by atoms with E-state index >= 15 is 0 Å². The van der Waals surface area contributed by atoms with Gasteiger partial charge in [-0.15, -0.1) is 0 Å². The molecule has 1 aromatic carbocycles. The predicted octanol–water partition coefficient (Wildman–Crippen LogP) is 5.67. The first kappa shape index (κ1) is 39.4. The SMILES string of the molecule is CCOC(=O)C1CCCCCc2cc(ccn2)-c2ccc(NC(=O)OCCOC)cc2N1.O=C(O)C(F)(F)F.O=C(O)C(F)(F)F. The van der Waals surface area contributed by atoms with Crippen molar-refractivity contribution in [2.75, 3.05) is 37.6 Å². The first-order valence-corrected chi connectivity index (χ1v) is 13.5. The molecule has 1 unspecified atom stereocenters. The highest BCUT2D eigenvalue weighted by Crippen LogP contribution is 2.33. The van der Waals surface area contributed by atoms with Crippen molar-refractivity contribution >= 4 is 35.4 Å². The van der Waals surface area contributed by atoms with Gasteiger partial charge in [0.1, 0.15) is 12.6 Å². The lowest BCUT2D eigenvalue weighted by Crippen LogP contribution is -2.31. The highest BCUT2D eigenvalue weighted by molar-refractivity contribution is 5.90. The number of hydrogen-bond donors (Lipinski definition) is 4. The molecule has 0 radical (unpaired) electrons. The molecule has 1 atom stereocenters. The molecule has 1 aliphatic heterocycles. The number of amides is 1. The summed E-state index contributed by atoms with van der Waals surface area (Å²) in [6.07, 6.45) is -4.44. The number of nitrogens with zero attached hydrogens (tertiary/aromatic N) is 1. The fourth-order valence-electron chi connectivity index (χ4n) is 3.66. The number of anilines is 2. The van der Waals surface area contributed by atoms with E-state index in [9.17, 15) is 35.9 Å². The summed E-state index contributed by atoms with van der Waals surface area (Å²) in [7, 11) is 1.54. The lowest BCUT2D eigenvalue weighted by Gasteiger charge is -2.22. The Morgan fingerprint density at radius 3 is 2.13 bits per heavy atom. The van der Waals surface area contributed by atoms with Gasteiger partial charge >= 0.3 is 36.4 Å². The van der Waals surface area contributed by atoms with Gasteiger partial charge in [0, 0.05) is 35.9 Å². The molecule has 12 nitrogen and oxygen atoms in total. The lowest BCUT2D eigenvalue weighted by atomic mass is 9.99. The second kappa shape index (κ2) is 19.0. The summed E-state index contributed by atoms with van der Waals surface area (Å²) in [4.78, 5) is 47.0. The maximum Gasteiger partial charge on any atom is 0.490 e. The fourth-order valence-corrected chi connectivity index (χ4v) is 3.66. The summed E-state index contributed by atoms with van der Waals surface area (Å²) in [5.41, 5.74) is 4.25. The summed E-state index contributed by atoms with van der Waals surface area (Å²) < 4.78 is 78.8. The van der Waals surface area contributed by atoms with Gasteiger partial charge < -0.3 is 29.7 Å². The van der Waals surface area contributed by atoms with E-state index in [1.165, 1.54) is 0 Å². The molecule has 0 aliphatic carbocycles. The van der Waals surface area contributed by atoms with Crippen LogP contribution in [-0.2, 0) is 35.0 Å². The Kier molecular flexibility index (Phi) is 16.3. The number of carboxylic acids is 2. The highest BCUT2D eigenvalue weighted by Gasteiger charge is 2.38. The fraction of sp³-hybridized carbons (Fsp3) is 0.464. The number of rotatable bonds is 6. The zero-order valence-electron chi connectivity index (χ0n) is 24.7. The maximum atomic E-state index is 12.6. The number of halogens is 6. The monoisotopic (exact) mass is 669 g/mol. The smallest absolute Gasteiger partial charge is 0.475 e. The van der Waals surface area contributed by atoms with Gasteiger partial charge in [-0.1, -0.05) is 18.9 Å². The molecule has 1 aromatic heterocycles. The number of aliphatic carboxylic acids is 2. The Bertz CT molecular complexity index is 1280. The van der Waals surface area contributed by atoms with E-state index in [1.54, 1.807) is 14.0 Å². The average molecular weight is 670 g/mol. The number of carbonyl (C=O) groups excluding carboxylic acids is 2. The largest absolute Gasteiger partial charge is 0.490 e. The summed E-state index contributed by atoms with van der Waals surface area (Å²) >= 11 is 0. The molecule has 3 rings (SSSR count). The van der Waals surface area contributed by atoms with Crippen LogP contribution in [0.5, 0.6) is 0 Å². The van der Waals surface area contributed by atoms with Crippen LogP contribution in [0.25, 0.3) is 11.1 Å². The number of esters is 1.